The van der Waals surface area contributed by atoms with E-state index in [1.165, 1.54) is 6.92 Å². The lowest BCUT2D eigenvalue weighted by atomic mass is 9.89. The van der Waals surface area contributed by atoms with Crippen molar-refractivity contribution in [3.8, 4) is 0 Å². The number of hydrogen-bond acceptors (Lipinski definition) is 6. The molecule has 1 atom stereocenters. The van der Waals surface area contributed by atoms with E-state index in [0.717, 1.165) is 0 Å². The predicted molar refractivity (Wildman–Crippen MR) is 114 cm³/mol. The van der Waals surface area contributed by atoms with Gasteiger partial charge in [-0.2, -0.15) is 0 Å². The van der Waals surface area contributed by atoms with Crippen LogP contribution >= 0.6 is 15.9 Å². The fourth-order valence-electron chi connectivity index (χ4n) is 2.64. The molecule has 0 aliphatic heterocycles. The number of ether oxygens (including phenoxy) is 2. The van der Waals surface area contributed by atoms with Gasteiger partial charge < -0.3 is 14.8 Å². The van der Waals surface area contributed by atoms with Crippen molar-refractivity contribution in [1.82, 2.24) is 5.32 Å². The second kappa shape index (κ2) is 12.4. The van der Waals surface area contributed by atoms with Crippen molar-refractivity contribution in [3.63, 3.8) is 0 Å². The van der Waals surface area contributed by atoms with E-state index in [-0.39, 0.29) is 37.7 Å². The number of benzene rings is 1. The third kappa shape index (κ3) is 6.96. The first-order valence-electron chi connectivity index (χ1n) is 9.12. The van der Waals surface area contributed by atoms with Gasteiger partial charge in [-0.25, -0.2) is 9.59 Å². The summed E-state index contributed by atoms with van der Waals surface area (Å²) in [7, 11) is 0. The molecule has 7 nitrogen and oxygen atoms in total. The van der Waals surface area contributed by atoms with Crippen molar-refractivity contribution in [3.05, 3.63) is 35.4 Å². The minimum atomic E-state index is -2.00. The number of esters is 2. The second-order valence-electron chi connectivity index (χ2n) is 6.14. The zero-order chi connectivity index (χ0) is 21.3. The lowest BCUT2D eigenvalue weighted by Crippen LogP contribution is -2.62. The van der Waals surface area contributed by atoms with Crippen LogP contribution in [0.3, 0.4) is 0 Å². The van der Waals surface area contributed by atoms with Crippen molar-refractivity contribution >= 4 is 39.6 Å². The van der Waals surface area contributed by atoms with E-state index in [2.05, 4.69) is 21.2 Å². The summed E-state index contributed by atoms with van der Waals surface area (Å²) in [4.78, 5) is 49.0. The molecular weight excluding hydrogens is 442 g/mol. The minimum Gasteiger partial charge on any atom is -0.464 e. The average Bonchev–Trinajstić information content (AvgIpc) is 2.66. The van der Waals surface area contributed by atoms with E-state index in [0.29, 0.717) is 17.5 Å². The second-order valence-corrected chi connectivity index (χ2v) is 7.25. The Hall–Kier alpha value is -2.22. The Labute approximate surface area is 180 Å². The molecule has 29 heavy (non-hydrogen) atoms. The molecule has 1 unspecified atom stereocenters. The first-order valence-corrected chi connectivity index (χ1v) is 10.0. The van der Waals surface area contributed by atoms with Gasteiger partial charge in [-0.05, 0) is 25.8 Å². The number of carbonyl (C=O) groups is 4. The van der Waals surface area contributed by atoms with E-state index in [1.807, 2.05) is 6.92 Å². The molecule has 0 bridgehead atoms. The van der Waals surface area contributed by atoms with Gasteiger partial charge in [-0.1, -0.05) is 54.5 Å². The number of carbonyl (C=O) groups excluding carboxylic acids is 4. The van der Waals surface area contributed by atoms with Crippen LogP contribution in [0.25, 0.3) is 0 Å². The van der Waals surface area contributed by atoms with Gasteiger partial charge >= 0.3 is 11.9 Å². The molecule has 0 aromatic heterocycles. The van der Waals surface area contributed by atoms with Crippen LogP contribution in [0.15, 0.2) is 24.3 Å². The van der Waals surface area contributed by atoms with Crippen LogP contribution in [-0.2, 0) is 30.3 Å². The number of nitrogens with one attached hydrogen (secondary N) is 1. The molecule has 1 N–H and O–H groups in total. The minimum absolute atomic E-state index is 0. The van der Waals surface area contributed by atoms with Crippen molar-refractivity contribution in [2.45, 2.75) is 58.3 Å². The fraction of sp³-hybridized carbons (Fsp3) is 0.524. The van der Waals surface area contributed by atoms with Crippen molar-refractivity contribution in [1.29, 1.82) is 0 Å². The topological polar surface area (TPSA) is 98.8 Å². The summed E-state index contributed by atoms with van der Waals surface area (Å²) in [6.07, 6.45) is 0.488. The van der Waals surface area contributed by atoms with E-state index in [9.17, 15) is 19.2 Å². The normalized spacial score (nSPS) is 11.6. The number of Topliss-reactive ketones (excluding diaryl/α,β-unsaturated/α-hetero) is 1. The first-order chi connectivity index (χ1) is 13.2. The summed E-state index contributed by atoms with van der Waals surface area (Å²) in [5, 5.41) is 2.41. The van der Waals surface area contributed by atoms with Gasteiger partial charge in [0.1, 0.15) is 0 Å². The molecule has 0 heterocycles. The molecule has 0 aliphatic rings. The number of rotatable bonds is 10. The number of halogens is 1. The highest BCUT2D eigenvalue weighted by atomic mass is 79.9. The summed E-state index contributed by atoms with van der Waals surface area (Å²) < 4.78 is 10.1. The monoisotopic (exact) mass is 471 g/mol. The molecule has 0 saturated heterocycles. The van der Waals surface area contributed by atoms with E-state index < -0.39 is 23.4 Å². The van der Waals surface area contributed by atoms with Crippen molar-refractivity contribution in [2.75, 3.05) is 13.2 Å². The standard InChI is InChI=1S/C20H26BrNO6.CH4/c1-5-16(21)17(24)15-10-8-14(9-11-15)12-20(22-13(4)23,18(25)27-6-2)19(26)28-7-3;/h8-11,16H,5-7,12H2,1-4H3,(H,22,23);1H4. The maximum absolute atomic E-state index is 12.6. The number of alkyl halides is 1. The van der Waals surface area contributed by atoms with Crippen LogP contribution in [0.4, 0.5) is 0 Å². The van der Waals surface area contributed by atoms with Gasteiger partial charge in [0.2, 0.25) is 11.4 Å². The average molecular weight is 472 g/mol. The van der Waals surface area contributed by atoms with Gasteiger partial charge in [0.15, 0.2) is 5.78 Å². The Kier molecular flexibility index (Phi) is 11.4. The molecule has 1 aromatic carbocycles. The summed E-state index contributed by atoms with van der Waals surface area (Å²) >= 11 is 3.33. The number of amides is 1. The van der Waals surface area contributed by atoms with Gasteiger partial charge in [0, 0.05) is 18.9 Å². The summed E-state index contributed by atoms with van der Waals surface area (Å²) in [6.45, 7) is 6.38. The van der Waals surface area contributed by atoms with Gasteiger partial charge in [-0.15, -0.1) is 0 Å². The molecule has 0 aliphatic carbocycles. The SMILES string of the molecule is C.CCOC(=O)C(Cc1ccc(C(=O)C(Br)CC)cc1)(NC(C)=O)C(=O)OCC. The van der Waals surface area contributed by atoms with Crippen LogP contribution in [0.5, 0.6) is 0 Å². The fourth-order valence-corrected chi connectivity index (χ4v) is 2.91. The third-order valence-electron chi connectivity index (χ3n) is 3.99. The maximum atomic E-state index is 12.6. The largest absolute Gasteiger partial charge is 0.464 e. The Balaban J connectivity index is 0.00000784. The van der Waals surface area contributed by atoms with Crippen molar-refractivity contribution in [2.24, 2.45) is 0 Å². The van der Waals surface area contributed by atoms with Crippen LogP contribution < -0.4 is 5.32 Å². The first kappa shape index (κ1) is 26.8. The molecule has 0 saturated carbocycles. The van der Waals surface area contributed by atoms with E-state index >= 15 is 0 Å². The Morgan fingerprint density at radius 3 is 1.86 bits per heavy atom. The lowest BCUT2D eigenvalue weighted by Gasteiger charge is -2.29. The Morgan fingerprint density at radius 2 is 1.48 bits per heavy atom. The molecule has 162 valence electrons. The molecule has 8 heteroatoms. The van der Waals surface area contributed by atoms with Gasteiger partial charge in [-0.3, -0.25) is 9.59 Å². The number of hydrogen-bond donors (Lipinski definition) is 1. The molecule has 1 rings (SSSR count). The highest BCUT2D eigenvalue weighted by Crippen LogP contribution is 2.21. The van der Waals surface area contributed by atoms with Crippen molar-refractivity contribution < 1.29 is 28.7 Å². The van der Waals surface area contributed by atoms with Crippen LogP contribution in [0.1, 0.15) is 57.5 Å². The Bertz CT molecular complexity index is 698. The van der Waals surface area contributed by atoms with E-state index in [4.69, 9.17) is 9.47 Å². The predicted octanol–water partition coefficient (Wildman–Crippen LogP) is 3.22. The molecule has 1 aromatic rings. The third-order valence-corrected chi connectivity index (χ3v) is 5.05. The highest BCUT2D eigenvalue weighted by Gasteiger charge is 2.50. The van der Waals surface area contributed by atoms with Crippen LogP contribution in [0.2, 0.25) is 0 Å². The summed E-state index contributed by atoms with van der Waals surface area (Å²) in [6, 6.07) is 6.52. The zero-order valence-electron chi connectivity index (χ0n) is 16.5. The van der Waals surface area contributed by atoms with Gasteiger partial charge in [0.25, 0.3) is 0 Å². The smallest absolute Gasteiger partial charge is 0.344 e. The highest BCUT2D eigenvalue weighted by molar-refractivity contribution is 9.10. The molecule has 0 radical (unpaired) electrons. The Morgan fingerprint density at radius 1 is 1.00 bits per heavy atom. The quantitative estimate of drug-likeness (QED) is 0.243. The lowest BCUT2D eigenvalue weighted by molar-refractivity contribution is -0.168. The molecule has 0 spiro atoms. The zero-order valence-corrected chi connectivity index (χ0v) is 18.1. The van der Waals surface area contributed by atoms with Crippen LogP contribution in [0, 0.1) is 0 Å². The maximum Gasteiger partial charge on any atom is 0.344 e. The van der Waals surface area contributed by atoms with E-state index in [1.54, 1.807) is 38.1 Å². The molecule has 0 fully saturated rings. The van der Waals surface area contributed by atoms with Gasteiger partial charge in [0.05, 0.1) is 18.0 Å². The summed E-state index contributed by atoms with van der Waals surface area (Å²) in [5.74, 6) is -2.42. The summed E-state index contributed by atoms with van der Waals surface area (Å²) in [5.41, 5.74) is -0.927. The number of ketones is 1. The molecule has 1 amide bonds. The molecular formula is C21H30BrNO6. The van der Waals surface area contributed by atoms with Crippen LogP contribution in [-0.4, -0.2) is 47.2 Å².